The zero-order valence-corrected chi connectivity index (χ0v) is 11.2. The van der Waals surface area contributed by atoms with Gasteiger partial charge in [0.2, 0.25) is 5.88 Å². The molecule has 0 aliphatic heterocycles. The van der Waals surface area contributed by atoms with Gasteiger partial charge in [0.15, 0.2) is 0 Å². The summed E-state index contributed by atoms with van der Waals surface area (Å²) in [5, 5.41) is 10.5. The van der Waals surface area contributed by atoms with Crippen LogP contribution in [0.25, 0.3) is 0 Å². The molecule has 0 radical (unpaired) electrons. The van der Waals surface area contributed by atoms with Gasteiger partial charge in [-0.25, -0.2) is 9.78 Å². The van der Waals surface area contributed by atoms with E-state index < -0.39 is 11.7 Å². The Balaban J connectivity index is 2.33. The first kappa shape index (κ1) is 13.8. The first-order valence-corrected chi connectivity index (χ1v) is 6.25. The Labute approximate surface area is 112 Å². The van der Waals surface area contributed by atoms with Gasteiger partial charge >= 0.3 is 6.09 Å². The Bertz CT molecular complexity index is 484. The smallest absolute Gasteiger partial charge is 0.391 e. The molecule has 19 heavy (non-hydrogen) atoms. The van der Waals surface area contributed by atoms with E-state index >= 15 is 0 Å². The Morgan fingerprint density at radius 3 is 2.68 bits per heavy atom. The average molecular weight is 265 g/mol. The molecule has 1 aliphatic carbocycles. The van der Waals surface area contributed by atoms with Crippen molar-refractivity contribution >= 4 is 6.09 Å². The van der Waals surface area contributed by atoms with E-state index in [1.54, 1.807) is 12.1 Å². The largest absolute Gasteiger partial charge is 0.411 e. The van der Waals surface area contributed by atoms with Gasteiger partial charge < -0.3 is 20.5 Å². The van der Waals surface area contributed by atoms with Crippen LogP contribution in [0.1, 0.15) is 30.5 Å². The number of aromatic nitrogens is 1. The fourth-order valence-electron chi connectivity index (χ4n) is 2.27. The van der Waals surface area contributed by atoms with E-state index in [0.717, 1.165) is 24.8 Å². The maximum atomic E-state index is 10.8. The van der Waals surface area contributed by atoms with Gasteiger partial charge in [-0.1, -0.05) is 0 Å². The van der Waals surface area contributed by atoms with Crippen LogP contribution in [0.15, 0.2) is 12.1 Å². The maximum absolute atomic E-state index is 10.8. The minimum Gasteiger partial charge on any atom is -0.391 e. The van der Waals surface area contributed by atoms with Gasteiger partial charge in [-0.2, -0.15) is 0 Å². The number of nitrogens with two attached hydrogens (primary N) is 1. The lowest BCUT2D eigenvalue weighted by atomic mass is 9.74. The summed E-state index contributed by atoms with van der Waals surface area (Å²) in [7, 11) is 3.83. The third-order valence-corrected chi connectivity index (χ3v) is 3.30. The zero-order chi connectivity index (χ0) is 14.0. The number of ether oxygens (including phenoxy) is 1. The molecule has 1 aliphatic rings. The average Bonchev–Trinajstić information content (AvgIpc) is 2.24. The summed E-state index contributed by atoms with van der Waals surface area (Å²) in [5.41, 5.74) is 5.71. The van der Waals surface area contributed by atoms with Crippen molar-refractivity contribution < 1.29 is 14.6 Å². The lowest BCUT2D eigenvalue weighted by Crippen LogP contribution is -2.35. The van der Waals surface area contributed by atoms with Crippen molar-refractivity contribution in [3.05, 3.63) is 23.4 Å². The van der Waals surface area contributed by atoms with E-state index in [1.807, 2.05) is 19.0 Å². The molecule has 1 saturated carbocycles. The number of amides is 1. The van der Waals surface area contributed by atoms with Crippen molar-refractivity contribution in [1.82, 2.24) is 9.88 Å². The summed E-state index contributed by atoms with van der Waals surface area (Å²) < 4.78 is 4.78. The highest BCUT2D eigenvalue weighted by Crippen LogP contribution is 2.42. The highest BCUT2D eigenvalue weighted by atomic mass is 16.6. The summed E-state index contributed by atoms with van der Waals surface area (Å²) in [6, 6.07) is 3.33. The van der Waals surface area contributed by atoms with E-state index in [2.05, 4.69) is 4.98 Å². The van der Waals surface area contributed by atoms with Gasteiger partial charge in [-0.05, 0) is 39.4 Å². The number of primary amides is 1. The Morgan fingerprint density at radius 2 is 2.21 bits per heavy atom. The zero-order valence-electron chi connectivity index (χ0n) is 11.2. The van der Waals surface area contributed by atoms with Gasteiger partial charge in [-0.15, -0.1) is 0 Å². The standard InChI is InChI=1S/C13H19N3O3/c1-16(2)8-10-9(13(18)6-3-7-13)4-5-11(15-10)19-12(14)17/h4-5,18H,3,6-8H2,1-2H3,(H2,14,17). The van der Waals surface area contributed by atoms with Gasteiger partial charge in [-0.3, -0.25) is 0 Å². The van der Waals surface area contributed by atoms with Crippen LogP contribution in [0, 0.1) is 0 Å². The quantitative estimate of drug-likeness (QED) is 0.847. The fraction of sp³-hybridized carbons (Fsp3) is 0.538. The second kappa shape index (κ2) is 5.14. The van der Waals surface area contributed by atoms with Crippen LogP contribution in [0.3, 0.4) is 0 Å². The highest BCUT2D eigenvalue weighted by Gasteiger charge is 2.38. The minimum absolute atomic E-state index is 0.163. The molecule has 0 aromatic carbocycles. The van der Waals surface area contributed by atoms with Crippen LogP contribution in [-0.4, -0.2) is 35.2 Å². The van der Waals surface area contributed by atoms with Crippen LogP contribution >= 0.6 is 0 Å². The molecule has 0 saturated heterocycles. The summed E-state index contributed by atoms with van der Waals surface area (Å²) >= 11 is 0. The summed E-state index contributed by atoms with van der Waals surface area (Å²) in [5.74, 6) is 0.163. The number of hydrogen-bond acceptors (Lipinski definition) is 5. The van der Waals surface area contributed by atoms with Crippen molar-refractivity contribution in [1.29, 1.82) is 0 Å². The first-order chi connectivity index (χ1) is 8.90. The summed E-state index contributed by atoms with van der Waals surface area (Å²) in [4.78, 5) is 17.0. The number of carbonyl (C=O) groups is 1. The van der Waals surface area contributed by atoms with Crippen LogP contribution < -0.4 is 10.5 Å². The van der Waals surface area contributed by atoms with Crippen LogP contribution in [0.4, 0.5) is 4.79 Å². The molecule has 1 aromatic heterocycles. The van der Waals surface area contributed by atoms with E-state index in [9.17, 15) is 9.90 Å². The van der Waals surface area contributed by atoms with Crippen molar-refractivity contribution in [2.45, 2.75) is 31.4 Å². The molecule has 3 N–H and O–H groups in total. The first-order valence-electron chi connectivity index (χ1n) is 6.25. The topological polar surface area (TPSA) is 88.7 Å². The predicted molar refractivity (Wildman–Crippen MR) is 69.6 cm³/mol. The summed E-state index contributed by atoms with van der Waals surface area (Å²) in [6.45, 7) is 0.563. The molecule has 2 rings (SSSR count). The number of carbonyl (C=O) groups excluding carboxylic acids is 1. The number of nitrogens with zero attached hydrogens (tertiary/aromatic N) is 2. The van der Waals surface area contributed by atoms with Crippen molar-refractivity contribution in [3.63, 3.8) is 0 Å². The molecule has 6 nitrogen and oxygen atoms in total. The number of hydrogen-bond donors (Lipinski definition) is 2. The molecule has 6 heteroatoms. The van der Waals surface area contributed by atoms with E-state index in [4.69, 9.17) is 10.5 Å². The molecule has 0 spiro atoms. The van der Waals surface area contributed by atoms with E-state index in [1.165, 1.54) is 0 Å². The van der Waals surface area contributed by atoms with Crippen LogP contribution in [0.5, 0.6) is 5.88 Å². The van der Waals surface area contributed by atoms with Gasteiger partial charge in [0.25, 0.3) is 0 Å². The van der Waals surface area contributed by atoms with Crippen LogP contribution in [-0.2, 0) is 12.1 Å². The molecule has 1 aromatic rings. The molecule has 104 valence electrons. The van der Waals surface area contributed by atoms with E-state index in [-0.39, 0.29) is 5.88 Å². The molecular weight excluding hydrogens is 246 g/mol. The predicted octanol–water partition coefficient (Wildman–Crippen LogP) is 0.972. The lowest BCUT2D eigenvalue weighted by Gasteiger charge is -2.38. The Morgan fingerprint density at radius 1 is 1.53 bits per heavy atom. The van der Waals surface area contributed by atoms with Gasteiger partial charge in [0, 0.05) is 18.2 Å². The SMILES string of the molecule is CN(C)Cc1nc(OC(N)=O)ccc1C1(O)CCC1. The molecule has 1 fully saturated rings. The number of aliphatic hydroxyl groups is 1. The molecule has 1 heterocycles. The molecule has 0 atom stereocenters. The van der Waals surface area contributed by atoms with Crippen LogP contribution in [0.2, 0.25) is 0 Å². The van der Waals surface area contributed by atoms with Crippen molar-refractivity contribution in [2.24, 2.45) is 5.73 Å². The normalized spacial score (nSPS) is 17.1. The Hall–Kier alpha value is -1.66. The van der Waals surface area contributed by atoms with Gasteiger partial charge in [0.05, 0.1) is 11.3 Å². The second-order valence-electron chi connectivity index (χ2n) is 5.19. The third kappa shape index (κ3) is 3.02. The van der Waals surface area contributed by atoms with Crippen molar-refractivity contribution in [3.8, 4) is 5.88 Å². The Kier molecular flexibility index (Phi) is 3.73. The second-order valence-corrected chi connectivity index (χ2v) is 5.19. The number of rotatable bonds is 4. The monoisotopic (exact) mass is 265 g/mol. The fourth-order valence-corrected chi connectivity index (χ4v) is 2.27. The number of pyridine rings is 1. The molecule has 0 bridgehead atoms. The molecular formula is C13H19N3O3. The maximum Gasteiger partial charge on any atom is 0.411 e. The minimum atomic E-state index is -0.890. The van der Waals surface area contributed by atoms with E-state index in [0.29, 0.717) is 12.2 Å². The third-order valence-electron chi connectivity index (χ3n) is 3.30. The van der Waals surface area contributed by atoms with Crippen molar-refractivity contribution in [2.75, 3.05) is 14.1 Å². The van der Waals surface area contributed by atoms with Gasteiger partial charge in [0.1, 0.15) is 0 Å². The highest BCUT2D eigenvalue weighted by molar-refractivity contribution is 5.67. The molecule has 1 amide bonds. The lowest BCUT2D eigenvalue weighted by molar-refractivity contribution is -0.0402. The molecule has 0 unspecified atom stereocenters. The summed E-state index contributed by atoms with van der Waals surface area (Å²) in [6.07, 6.45) is 1.60.